The van der Waals surface area contributed by atoms with Crippen LogP contribution in [0, 0.1) is 0 Å². The quantitative estimate of drug-likeness (QED) is 0.798. The zero-order chi connectivity index (χ0) is 13.1. The smallest absolute Gasteiger partial charge is 0.196 e. The molecule has 0 amide bonds. The van der Waals surface area contributed by atoms with Gasteiger partial charge in [0.1, 0.15) is 5.75 Å². The van der Waals surface area contributed by atoms with Crippen molar-refractivity contribution in [3.8, 4) is 17.0 Å². The molecule has 0 atom stereocenters. The number of Topliss-reactive ketones (excluding diaryl/α,β-unsaturated/α-hetero) is 1. The molecule has 0 aliphatic rings. The summed E-state index contributed by atoms with van der Waals surface area (Å²) in [6.07, 6.45) is 1.54. The zero-order valence-electron chi connectivity index (χ0n) is 9.98. The van der Waals surface area contributed by atoms with E-state index in [1.54, 1.807) is 37.6 Å². The van der Waals surface area contributed by atoms with Gasteiger partial charge in [-0.1, -0.05) is 11.6 Å². The van der Waals surface area contributed by atoms with E-state index in [1.807, 2.05) is 0 Å². The molecule has 18 heavy (non-hydrogen) atoms. The number of hydrogen-bond acceptors (Lipinski definition) is 4. The van der Waals surface area contributed by atoms with Gasteiger partial charge in [0.15, 0.2) is 11.6 Å². The van der Waals surface area contributed by atoms with Crippen LogP contribution in [-0.4, -0.2) is 22.9 Å². The van der Waals surface area contributed by atoms with Crippen LogP contribution in [0.2, 0.25) is 5.02 Å². The normalized spacial score (nSPS) is 10.2. The van der Waals surface area contributed by atoms with Gasteiger partial charge in [-0.3, -0.25) is 4.79 Å². The van der Waals surface area contributed by atoms with E-state index in [2.05, 4.69) is 9.97 Å². The molecule has 2 rings (SSSR count). The number of carbonyl (C=O) groups is 1. The Labute approximate surface area is 110 Å². The van der Waals surface area contributed by atoms with Crippen LogP contribution in [-0.2, 0) is 0 Å². The zero-order valence-corrected chi connectivity index (χ0v) is 10.7. The van der Waals surface area contributed by atoms with E-state index in [1.165, 1.54) is 6.92 Å². The van der Waals surface area contributed by atoms with Gasteiger partial charge in [-0.15, -0.1) is 0 Å². The van der Waals surface area contributed by atoms with Crippen LogP contribution in [0.25, 0.3) is 11.3 Å². The summed E-state index contributed by atoms with van der Waals surface area (Å²) in [7, 11) is 1.57. The second-order valence-electron chi connectivity index (χ2n) is 3.67. The van der Waals surface area contributed by atoms with Crippen molar-refractivity contribution in [1.82, 2.24) is 9.97 Å². The van der Waals surface area contributed by atoms with E-state index in [9.17, 15) is 4.79 Å². The maximum absolute atomic E-state index is 11.3. The number of ketones is 1. The number of methoxy groups -OCH3 is 1. The molecule has 0 unspecified atom stereocenters. The predicted molar refractivity (Wildman–Crippen MR) is 69.0 cm³/mol. The summed E-state index contributed by atoms with van der Waals surface area (Å²) >= 11 is 5.96. The van der Waals surface area contributed by atoms with Crippen LogP contribution in [0.4, 0.5) is 0 Å². The summed E-state index contributed by atoms with van der Waals surface area (Å²) in [5.41, 5.74) is 1.34. The Morgan fingerprint density at radius 2 is 2.11 bits per heavy atom. The van der Waals surface area contributed by atoms with Crippen molar-refractivity contribution in [1.29, 1.82) is 0 Å². The molecule has 1 heterocycles. The van der Waals surface area contributed by atoms with Gasteiger partial charge in [-0.05, 0) is 24.3 Å². The molecule has 0 aliphatic heterocycles. The average Bonchev–Trinajstić information content (AvgIpc) is 2.39. The van der Waals surface area contributed by atoms with E-state index in [0.29, 0.717) is 16.5 Å². The van der Waals surface area contributed by atoms with E-state index in [0.717, 1.165) is 5.56 Å². The van der Waals surface area contributed by atoms with Gasteiger partial charge in [-0.25, -0.2) is 9.97 Å². The average molecular weight is 263 g/mol. The first kappa shape index (κ1) is 12.5. The van der Waals surface area contributed by atoms with E-state index in [4.69, 9.17) is 16.3 Å². The third kappa shape index (κ3) is 2.49. The largest absolute Gasteiger partial charge is 0.496 e. The molecule has 2 aromatic rings. The lowest BCUT2D eigenvalue weighted by atomic mass is 10.1. The maximum atomic E-state index is 11.3. The summed E-state index contributed by atoms with van der Waals surface area (Å²) in [6, 6.07) is 6.94. The molecule has 5 heteroatoms. The molecule has 0 spiro atoms. The third-order valence-electron chi connectivity index (χ3n) is 2.41. The minimum absolute atomic E-state index is 0.175. The van der Waals surface area contributed by atoms with Crippen LogP contribution in [0.15, 0.2) is 30.5 Å². The van der Waals surface area contributed by atoms with Crippen molar-refractivity contribution in [3.05, 3.63) is 41.3 Å². The van der Waals surface area contributed by atoms with Gasteiger partial charge >= 0.3 is 0 Å². The molecular weight excluding hydrogens is 252 g/mol. The van der Waals surface area contributed by atoms with Crippen molar-refractivity contribution in [2.45, 2.75) is 6.92 Å². The van der Waals surface area contributed by atoms with Crippen LogP contribution in [0.5, 0.6) is 5.75 Å². The lowest BCUT2D eigenvalue weighted by Gasteiger charge is -2.08. The molecular formula is C13H11ClN2O2. The number of rotatable bonds is 3. The Bertz CT molecular complexity index is 599. The molecule has 1 aromatic carbocycles. The van der Waals surface area contributed by atoms with Gasteiger partial charge in [0.2, 0.25) is 0 Å². The number of halogens is 1. The standard InChI is InChI=1S/C13H11ClN2O2/c1-8(17)13-15-6-5-11(16-13)10-7-9(14)3-4-12(10)18-2/h3-7H,1-2H3. The molecule has 0 fully saturated rings. The molecule has 4 nitrogen and oxygen atoms in total. The van der Waals surface area contributed by atoms with E-state index < -0.39 is 0 Å². The minimum atomic E-state index is -0.183. The summed E-state index contributed by atoms with van der Waals surface area (Å²) in [4.78, 5) is 19.4. The molecule has 92 valence electrons. The Kier molecular flexibility index (Phi) is 3.58. The Morgan fingerprint density at radius 1 is 1.33 bits per heavy atom. The maximum Gasteiger partial charge on any atom is 0.196 e. The summed E-state index contributed by atoms with van der Waals surface area (Å²) < 4.78 is 5.25. The highest BCUT2D eigenvalue weighted by Gasteiger charge is 2.10. The number of aromatic nitrogens is 2. The van der Waals surface area contributed by atoms with Crippen LogP contribution < -0.4 is 4.74 Å². The van der Waals surface area contributed by atoms with Crippen LogP contribution in [0.1, 0.15) is 17.5 Å². The van der Waals surface area contributed by atoms with Crippen molar-refractivity contribution >= 4 is 17.4 Å². The number of nitrogens with zero attached hydrogens (tertiary/aromatic N) is 2. The van der Waals surface area contributed by atoms with E-state index in [-0.39, 0.29) is 11.6 Å². The molecule has 0 saturated heterocycles. The number of benzene rings is 1. The Morgan fingerprint density at radius 3 is 2.78 bits per heavy atom. The predicted octanol–water partition coefficient (Wildman–Crippen LogP) is 3.01. The van der Waals surface area contributed by atoms with Gasteiger partial charge in [0.25, 0.3) is 0 Å². The van der Waals surface area contributed by atoms with Gasteiger partial charge in [-0.2, -0.15) is 0 Å². The van der Waals surface area contributed by atoms with Gasteiger partial charge < -0.3 is 4.74 Å². The van der Waals surface area contributed by atoms with Crippen molar-refractivity contribution in [2.75, 3.05) is 7.11 Å². The van der Waals surface area contributed by atoms with E-state index >= 15 is 0 Å². The monoisotopic (exact) mass is 262 g/mol. The fourth-order valence-electron chi connectivity index (χ4n) is 1.56. The van der Waals surface area contributed by atoms with Gasteiger partial charge in [0.05, 0.1) is 12.8 Å². The van der Waals surface area contributed by atoms with Crippen molar-refractivity contribution in [2.24, 2.45) is 0 Å². The highest BCUT2D eigenvalue weighted by atomic mass is 35.5. The number of carbonyl (C=O) groups excluding carboxylic acids is 1. The lowest BCUT2D eigenvalue weighted by Crippen LogP contribution is -2.01. The Balaban J connectivity index is 2.57. The molecule has 0 radical (unpaired) electrons. The summed E-state index contributed by atoms with van der Waals surface area (Å²) in [6.45, 7) is 1.42. The molecule has 0 bridgehead atoms. The first-order valence-electron chi connectivity index (χ1n) is 5.29. The second kappa shape index (κ2) is 5.14. The molecule has 0 N–H and O–H groups in total. The highest BCUT2D eigenvalue weighted by molar-refractivity contribution is 6.30. The lowest BCUT2D eigenvalue weighted by molar-refractivity contribution is 0.100. The van der Waals surface area contributed by atoms with Gasteiger partial charge in [0, 0.05) is 23.7 Å². The van der Waals surface area contributed by atoms with Crippen molar-refractivity contribution in [3.63, 3.8) is 0 Å². The van der Waals surface area contributed by atoms with Crippen LogP contribution in [0.3, 0.4) is 0 Å². The topological polar surface area (TPSA) is 52.1 Å². The first-order chi connectivity index (χ1) is 8.61. The molecule has 0 saturated carbocycles. The van der Waals surface area contributed by atoms with Crippen molar-refractivity contribution < 1.29 is 9.53 Å². The molecule has 0 aliphatic carbocycles. The fourth-order valence-corrected chi connectivity index (χ4v) is 1.73. The highest BCUT2D eigenvalue weighted by Crippen LogP contribution is 2.31. The third-order valence-corrected chi connectivity index (χ3v) is 2.64. The fraction of sp³-hybridized carbons (Fsp3) is 0.154. The first-order valence-corrected chi connectivity index (χ1v) is 5.67. The molecule has 1 aromatic heterocycles. The minimum Gasteiger partial charge on any atom is -0.496 e. The number of hydrogen-bond donors (Lipinski definition) is 0. The summed E-state index contributed by atoms with van der Waals surface area (Å²) in [5.74, 6) is 0.639. The van der Waals surface area contributed by atoms with Crippen LogP contribution >= 0.6 is 11.6 Å². The second-order valence-corrected chi connectivity index (χ2v) is 4.10. The summed E-state index contributed by atoms with van der Waals surface area (Å²) in [5, 5.41) is 0.578. The SMILES string of the molecule is COc1ccc(Cl)cc1-c1ccnc(C(C)=O)n1. The number of ether oxygens (including phenoxy) is 1. The Hall–Kier alpha value is -1.94.